The smallest absolute Gasteiger partial charge is 0.337 e. The van der Waals surface area contributed by atoms with E-state index in [1.165, 1.54) is 6.07 Å². The van der Waals surface area contributed by atoms with Crippen LogP contribution in [0.3, 0.4) is 0 Å². The molecule has 0 unspecified atom stereocenters. The molecule has 0 atom stereocenters. The van der Waals surface area contributed by atoms with Crippen LogP contribution in [-0.2, 0) is 4.79 Å². The first-order valence-electron chi connectivity index (χ1n) is 6.33. The number of hydrogen-bond acceptors (Lipinski definition) is 3. The van der Waals surface area contributed by atoms with Crippen molar-refractivity contribution >= 4 is 17.6 Å². The van der Waals surface area contributed by atoms with Crippen molar-refractivity contribution in [3.05, 3.63) is 29.8 Å². The molecule has 0 fully saturated rings. The van der Waals surface area contributed by atoms with Gasteiger partial charge in [-0.25, -0.2) is 4.79 Å². The fourth-order valence-electron chi connectivity index (χ4n) is 1.54. The molecule has 1 amide bonds. The summed E-state index contributed by atoms with van der Waals surface area (Å²) in [6.45, 7) is 5.13. The number of carboxylic acid groups (broad SMARTS) is 1. The average Bonchev–Trinajstić information content (AvgIpc) is 2.36. The van der Waals surface area contributed by atoms with Crippen LogP contribution in [0.25, 0.3) is 0 Å². The third kappa shape index (κ3) is 5.42. The summed E-state index contributed by atoms with van der Waals surface area (Å²) in [6, 6.07) is 6.65. The van der Waals surface area contributed by atoms with Crippen LogP contribution in [-0.4, -0.2) is 30.1 Å². The van der Waals surface area contributed by atoms with Gasteiger partial charge >= 0.3 is 5.97 Å². The summed E-state index contributed by atoms with van der Waals surface area (Å²) in [6.07, 6.45) is 0.320. The molecule has 19 heavy (non-hydrogen) atoms. The van der Waals surface area contributed by atoms with Gasteiger partial charge in [0.2, 0.25) is 5.91 Å². The molecule has 0 aromatic heterocycles. The Morgan fingerprint density at radius 2 is 1.95 bits per heavy atom. The summed E-state index contributed by atoms with van der Waals surface area (Å²) in [5.41, 5.74) is 0.747. The standard InChI is InChI=1S/C14H20N2O3/c1-10(2)9-16-13(17)7-8-15-12-6-4-3-5-11(12)14(18)19/h3-6,10,15H,7-9H2,1-2H3,(H,16,17)(H,18,19). The number of carbonyl (C=O) groups excluding carboxylic acids is 1. The molecule has 1 aromatic rings. The number of carboxylic acids is 1. The van der Waals surface area contributed by atoms with Crippen LogP contribution in [0.4, 0.5) is 5.69 Å². The number of rotatable bonds is 7. The Morgan fingerprint density at radius 3 is 2.58 bits per heavy atom. The molecule has 0 aliphatic heterocycles. The first-order chi connectivity index (χ1) is 9.00. The van der Waals surface area contributed by atoms with E-state index in [0.29, 0.717) is 31.1 Å². The Hall–Kier alpha value is -2.04. The lowest BCUT2D eigenvalue weighted by Gasteiger charge is -2.10. The van der Waals surface area contributed by atoms with Gasteiger partial charge in [0.15, 0.2) is 0 Å². The van der Waals surface area contributed by atoms with Gasteiger partial charge in [-0.05, 0) is 18.1 Å². The Morgan fingerprint density at radius 1 is 1.26 bits per heavy atom. The van der Waals surface area contributed by atoms with Crippen LogP contribution >= 0.6 is 0 Å². The van der Waals surface area contributed by atoms with E-state index in [1.54, 1.807) is 18.2 Å². The number of anilines is 1. The van der Waals surface area contributed by atoms with E-state index in [2.05, 4.69) is 10.6 Å². The van der Waals surface area contributed by atoms with Crippen LogP contribution < -0.4 is 10.6 Å². The van der Waals surface area contributed by atoms with Crippen LogP contribution in [0, 0.1) is 5.92 Å². The third-order valence-corrected chi connectivity index (χ3v) is 2.53. The molecule has 3 N–H and O–H groups in total. The second kappa shape index (κ2) is 7.41. The summed E-state index contributed by atoms with van der Waals surface area (Å²) in [4.78, 5) is 22.5. The molecule has 0 aliphatic rings. The van der Waals surface area contributed by atoms with E-state index in [4.69, 9.17) is 5.11 Å². The molecule has 1 rings (SSSR count). The maximum Gasteiger partial charge on any atom is 0.337 e. The zero-order valence-corrected chi connectivity index (χ0v) is 11.3. The van der Waals surface area contributed by atoms with Gasteiger partial charge in [-0.2, -0.15) is 0 Å². The highest BCUT2D eigenvalue weighted by Crippen LogP contribution is 2.14. The minimum Gasteiger partial charge on any atom is -0.478 e. The summed E-state index contributed by atoms with van der Waals surface area (Å²) in [5, 5.41) is 14.8. The van der Waals surface area contributed by atoms with Crippen molar-refractivity contribution < 1.29 is 14.7 Å². The van der Waals surface area contributed by atoms with Crippen molar-refractivity contribution in [3.63, 3.8) is 0 Å². The van der Waals surface area contributed by atoms with Crippen molar-refractivity contribution in [1.82, 2.24) is 5.32 Å². The van der Waals surface area contributed by atoms with Gasteiger partial charge in [-0.1, -0.05) is 26.0 Å². The SMILES string of the molecule is CC(C)CNC(=O)CCNc1ccccc1C(=O)O. The first kappa shape index (κ1) is 15.0. The quantitative estimate of drug-likeness (QED) is 0.703. The lowest BCUT2D eigenvalue weighted by Crippen LogP contribution is -2.28. The van der Waals surface area contributed by atoms with Gasteiger partial charge in [0.25, 0.3) is 0 Å². The van der Waals surface area contributed by atoms with Crippen LogP contribution in [0.1, 0.15) is 30.6 Å². The number of para-hydroxylation sites is 1. The van der Waals surface area contributed by atoms with Gasteiger partial charge in [0.1, 0.15) is 0 Å². The molecule has 0 spiro atoms. The molecule has 0 saturated heterocycles. The number of benzene rings is 1. The van der Waals surface area contributed by atoms with E-state index in [0.717, 1.165) is 0 Å². The van der Waals surface area contributed by atoms with E-state index in [9.17, 15) is 9.59 Å². The number of hydrogen-bond donors (Lipinski definition) is 3. The Bertz CT molecular complexity index is 444. The van der Waals surface area contributed by atoms with E-state index < -0.39 is 5.97 Å². The van der Waals surface area contributed by atoms with Crippen molar-refractivity contribution in [2.45, 2.75) is 20.3 Å². The zero-order chi connectivity index (χ0) is 14.3. The minimum absolute atomic E-state index is 0.0333. The van der Waals surface area contributed by atoms with E-state index >= 15 is 0 Å². The van der Waals surface area contributed by atoms with Gasteiger partial charge in [-0.15, -0.1) is 0 Å². The Balaban J connectivity index is 2.41. The normalized spacial score (nSPS) is 10.3. The minimum atomic E-state index is -0.979. The fraction of sp³-hybridized carbons (Fsp3) is 0.429. The predicted octanol–water partition coefficient (Wildman–Crippen LogP) is 1.96. The van der Waals surface area contributed by atoms with Gasteiger partial charge in [0, 0.05) is 25.2 Å². The molecular weight excluding hydrogens is 244 g/mol. The Labute approximate surface area is 113 Å². The summed E-state index contributed by atoms with van der Waals surface area (Å²) < 4.78 is 0. The van der Waals surface area contributed by atoms with Crippen molar-refractivity contribution in [2.75, 3.05) is 18.4 Å². The number of aromatic carboxylic acids is 1. The summed E-state index contributed by atoms with van der Waals surface area (Å²) in [7, 11) is 0. The fourth-order valence-corrected chi connectivity index (χ4v) is 1.54. The maximum absolute atomic E-state index is 11.5. The van der Waals surface area contributed by atoms with Crippen LogP contribution in [0.15, 0.2) is 24.3 Å². The molecule has 5 heteroatoms. The molecule has 104 valence electrons. The molecular formula is C14H20N2O3. The van der Waals surface area contributed by atoms with Crippen molar-refractivity contribution in [3.8, 4) is 0 Å². The first-order valence-corrected chi connectivity index (χ1v) is 6.33. The van der Waals surface area contributed by atoms with Crippen molar-refractivity contribution in [2.24, 2.45) is 5.92 Å². The molecule has 0 aliphatic carbocycles. The zero-order valence-electron chi connectivity index (χ0n) is 11.3. The molecule has 0 radical (unpaired) electrons. The predicted molar refractivity (Wildman–Crippen MR) is 74.4 cm³/mol. The lowest BCUT2D eigenvalue weighted by molar-refractivity contribution is -0.120. The Kier molecular flexibility index (Phi) is 5.85. The highest BCUT2D eigenvalue weighted by molar-refractivity contribution is 5.94. The maximum atomic E-state index is 11.5. The van der Waals surface area contributed by atoms with Crippen LogP contribution in [0.5, 0.6) is 0 Å². The highest BCUT2D eigenvalue weighted by Gasteiger charge is 2.08. The topological polar surface area (TPSA) is 78.4 Å². The monoisotopic (exact) mass is 264 g/mol. The largest absolute Gasteiger partial charge is 0.478 e. The van der Waals surface area contributed by atoms with E-state index in [-0.39, 0.29) is 11.5 Å². The molecule has 0 heterocycles. The summed E-state index contributed by atoms with van der Waals surface area (Å²) in [5.74, 6) is -0.592. The number of nitrogens with one attached hydrogen (secondary N) is 2. The van der Waals surface area contributed by atoms with Crippen LogP contribution in [0.2, 0.25) is 0 Å². The molecule has 0 bridgehead atoms. The van der Waals surface area contributed by atoms with Gasteiger partial charge < -0.3 is 15.7 Å². The molecule has 0 saturated carbocycles. The molecule has 1 aromatic carbocycles. The number of amides is 1. The number of carbonyl (C=O) groups is 2. The van der Waals surface area contributed by atoms with Crippen molar-refractivity contribution in [1.29, 1.82) is 0 Å². The van der Waals surface area contributed by atoms with Gasteiger partial charge in [0.05, 0.1) is 5.56 Å². The molecule has 5 nitrogen and oxygen atoms in total. The second-order valence-corrected chi connectivity index (χ2v) is 4.73. The second-order valence-electron chi connectivity index (χ2n) is 4.73. The highest BCUT2D eigenvalue weighted by atomic mass is 16.4. The summed E-state index contributed by atoms with van der Waals surface area (Å²) >= 11 is 0. The van der Waals surface area contributed by atoms with Gasteiger partial charge in [-0.3, -0.25) is 4.79 Å². The van der Waals surface area contributed by atoms with E-state index in [1.807, 2.05) is 13.8 Å². The third-order valence-electron chi connectivity index (χ3n) is 2.53. The average molecular weight is 264 g/mol. The lowest BCUT2D eigenvalue weighted by atomic mass is 10.2.